The third-order valence-corrected chi connectivity index (χ3v) is 5.46. The van der Waals surface area contributed by atoms with Crippen molar-refractivity contribution in [3.8, 4) is 22.6 Å². The fourth-order valence-electron chi connectivity index (χ4n) is 4.22. The van der Waals surface area contributed by atoms with Gasteiger partial charge in [0.25, 0.3) is 0 Å². The van der Waals surface area contributed by atoms with Crippen LogP contribution in [0.25, 0.3) is 33.6 Å². The summed E-state index contributed by atoms with van der Waals surface area (Å²) in [5.41, 5.74) is 20.0. The van der Waals surface area contributed by atoms with E-state index in [1.54, 1.807) is 0 Å². The lowest BCUT2D eigenvalue weighted by molar-refractivity contribution is 0.630. The number of fused-ring (bicyclic) bond motifs is 5. The Hall–Kier alpha value is -3.27. The first kappa shape index (κ1) is 15.0. The molecule has 2 aromatic heterocycles. The minimum absolute atomic E-state index is 0.198. The SMILES string of the molecule is CC1(C)c2cccnc2-c2ccc3oc(-c4ccccc4N)c(N)c3c21. The molecule has 1 aliphatic rings. The standard InChI is InChI=1S/C22H19N3O/c1-22(2)14-7-5-11-25-20(14)13-9-10-16-17(18(13)22)19(24)21(26-16)12-6-3-4-8-15(12)23/h3-11H,23-24H2,1-2H3. The highest BCUT2D eigenvalue weighted by molar-refractivity contribution is 6.06. The molecule has 2 heterocycles. The summed E-state index contributed by atoms with van der Waals surface area (Å²) < 4.78 is 6.16. The predicted molar refractivity (Wildman–Crippen MR) is 106 cm³/mol. The second-order valence-corrected chi connectivity index (χ2v) is 7.32. The van der Waals surface area contributed by atoms with Crippen LogP contribution in [0, 0.1) is 0 Å². The van der Waals surface area contributed by atoms with Gasteiger partial charge in [-0.05, 0) is 41.5 Å². The van der Waals surface area contributed by atoms with Gasteiger partial charge in [-0.1, -0.05) is 32.0 Å². The minimum Gasteiger partial charge on any atom is -0.454 e. The zero-order valence-electron chi connectivity index (χ0n) is 14.7. The highest BCUT2D eigenvalue weighted by Crippen LogP contribution is 2.53. The second kappa shape index (κ2) is 4.88. The van der Waals surface area contributed by atoms with Gasteiger partial charge >= 0.3 is 0 Å². The van der Waals surface area contributed by atoms with E-state index in [0.29, 0.717) is 17.1 Å². The number of anilines is 2. The Bertz CT molecular complexity index is 1190. The smallest absolute Gasteiger partial charge is 0.160 e. The number of pyridine rings is 1. The molecule has 2 aromatic carbocycles. The van der Waals surface area contributed by atoms with E-state index in [0.717, 1.165) is 27.8 Å². The van der Waals surface area contributed by atoms with Crippen LogP contribution in [-0.2, 0) is 5.41 Å². The number of hydrogen-bond acceptors (Lipinski definition) is 4. The first-order valence-corrected chi connectivity index (χ1v) is 8.66. The fourth-order valence-corrected chi connectivity index (χ4v) is 4.22. The Labute approximate surface area is 151 Å². The molecule has 0 bridgehead atoms. The number of hydrogen-bond donors (Lipinski definition) is 2. The molecule has 4 N–H and O–H groups in total. The number of nitrogen functional groups attached to an aromatic ring is 2. The van der Waals surface area contributed by atoms with Crippen molar-refractivity contribution in [3.63, 3.8) is 0 Å². The lowest BCUT2D eigenvalue weighted by atomic mass is 9.81. The zero-order chi connectivity index (χ0) is 18.1. The summed E-state index contributed by atoms with van der Waals surface area (Å²) in [7, 11) is 0. The van der Waals surface area contributed by atoms with Gasteiger partial charge in [-0.25, -0.2) is 0 Å². The maximum Gasteiger partial charge on any atom is 0.160 e. The van der Waals surface area contributed by atoms with Crippen LogP contribution >= 0.6 is 0 Å². The maximum atomic E-state index is 6.60. The molecule has 26 heavy (non-hydrogen) atoms. The maximum absolute atomic E-state index is 6.60. The molecule has 0 unspecified atom stereocenters. The fraction of sp³-hybridized carbons (Fsp3) is 0.136. The molecule has 0 saturated heterocycles. The lowest BCUT2D eigenvalue weighted by Gasteiger charge is -2.21. The van der Waals surface area contributed by atoms with Gasteiger partial charge in [-0.15, -0.1) is 0 Å². The average molecular weight is 341 g/mol. The number of aromatic nitrogens is 1. The van der Waals surface area contributed by atoms with Crippen LogP contribution in [0.4, 0.5) is 11.4 Å². The molecule has 0 fully saturated rings. The molecule has 0 aliphatic heterocycles. The van der Waals surface area contributed by atoms with E-state index in [4.69, 9.17) is 15.9 Å². The molecule has 0 spiro atoms. The molecule has 0 radical (unpaired) electrons. The Morgan fingerprint density at radius 3 is 2.54 bits per heavy atom. The van der Waals surface area contributed by atoms with Gasteiger partial charge in [0, 0.05) is 33.8 Å². The number of furan rings is 1. The number of benzene rings is 2. The second-order valence-electron chi connectivity index (χ2n) is 7.32. The van der Waals surface area contributed by atoms with Crippen molar-refractivity contribution < 1.29 is 4.42 Å². The quantitative estimate of drug-likeness (QED) is 0.479. The molecular weight excluding hydrogens is 322 g/mol. The molecular formula is C22H19N3O. The van der Waals surface area contributed by atoms with Crippen LogP contribution in [0.2, 0.25) is 0 Å². The average Bonchev–Trinajstić information content (AvgIpc) is 3.09. The van der Waals surface area contributed by atoms with Crippen LogP contribution < -0.4 is 11.5 Å². The van der Waals surface area contributed by atoms with E-state index in [9.17, 15) is 0 Å². The first-order chi connectivity index (χ1) is 12.5. The normalized spacial score (nSPS) is 14.4. The van der Waals surface area contributed by atoms with Crippen molar-refractivity contribution in [2.45, 2.75) is 19.3 Å². The monoisotopic (exact) mass is 341 g/mol. The number of rotatable bonds is 1. The van der Waals surface area contributed by atoms with E-state index >= 15 is 0 Å². The van der Waals surface area contributed by atoms with Crippen molar-refractivity contribution in [1.82, 2.24) is 4.98 Å². The van der Waals surface area contributed by atoms with Gasteiger partial charge in [0.2, 0.25) is 0 Å². The van der Waals surface area contributed by atoms with Crippen molar-refractivity contribution in [1.29, 1.82) is 0 Å². The van der Waals surface area contributed by atoms with E-state index < -0.39 is 0 Å². The highest BCUT2D eigenvalue weighted by Gasteiger charge is 2.39. The summed E-state index contributed by atoms with van der Waals surface area (Å²) in [5.74, 6) is 0.631. The van der Waals surface area contributed by atoms with Crippen LogP contribution in [0.1, 0.15) is 25.0 Å². The molecule has 4 aromatic rings. The summed E-state index contributed by atoms with van der Waals surface area (Å²) in [6, 6.07) is 15.8. The van der Waals surface area contributed by atoms with Crippen molar-refractivity contribution >= 4 is 22.3 Å². The van der Waals surface area contributed by atoms with Crippen LogP contribution in [0.5, 0.6) is 0 Å². The van der Waals surface area contributed by atoms with E-state index in [1.165, 1.54) is 11.1 Å². The summed E-state index contributed by atoms with van der Waals surface area (Å²) >= 11 is 0. The van der Waals surface area contributed by atoms with Crippen molar-refractivity contribution in [2.75, 3.05) is 11.5 Å². The van der Waals surface area contributed by atoms with Gasteiger partial charge in [0.15, 0.2) is 5.76 Å². The molecule has 4 heteroatoms. The molecule has 0 amide bonds. The Morgan fingerprint density at radius 2 is 1.73 bits per heavy atom. The van der Waals surface area contributed by atoms with Crippen LogP contribution in [0.15, 0.2) is 59.1 Å². The predicted octanol–water partition coefficient (Wildman–Crippen LogP) is 4.97. The largest absolute Gasteiger partial charge is 0.454 e. The van der Waals surface area contributed by atoms with Gasteiger partial charge in [0.1, 0.15) is 5.58 Å². The topological polar surface area (TPSA) is 78.1 Å². The van der Waals surface area contributed by atoms with Gasteiger partial charge < -0.3 is 15.9 Å². The third-order valence-electron chi connectivity index (χ3n) is 5.46. The van der Waals surface area contributed by atoms with E-state index in [2.05, 4.69) is 31.0 Å². The molecule has 0 saturated carbocycles. The summed E-state index contributed by atoms with van der Waals surface area (Å²) in [4.78, 5) is 4.62. The van der Waals surface area contributed by atoms with Gasteiger partial charge in [-0.2, -0.15) is 0 Å². The van der Waals surface area contributed by atoms with Crippen molar-refractivity contribution in [3.05, 3.63) is 65.9 Å². The first-order valence-electron chi connectivity index (χ1n) is 8.66. The minimum atomic E-state index is -0.198. The Balaban J connectivity index is 1.87. The number of nitrogens with two attached hydrogens (primary N) is 2. The van der Waals surface area contributed by atoms with Gasteiger partial charge in [0.05, 0.1) is 11.4 Å². The number of nitrogens with zero attached hydrogens (tertiary/aromatic N) is 1. The third kappa shape index (κ3) is 1.76. The highest BCUT2D eigenvalue weighted by atomic mass is 16.3. The Morgan fingerprint density at radius 1 is 0.923 bits per heavy atom. The van der Waals surface area contributed by atoms with Gasteiger partial charge in [-0.3, -0.25) is 4.98 Å². The summed E-state index contributed by atoms with van der Waals surface area (Å²) in [6.07, 6.45) is 1.84. The zero-order valence-corrected chi connectivity index (χ0v) is 14.7. The molecule has 0 atom stereocenters. The van der Waals surface area contributed by atoms with Crippen LogP contribution in [-0.4, -0.2) is 4.98 Å². The summed E-state index contributed by atoms with van der Waals surface area (Å²) in [5, 5.41) is 0.962. The van der Waals surface area contributed by atoms with E-state index in [1.807, 2.05) is 42.6 Å². The lowest BCUT2D eigenvalue weighted by Crippen LogP contribution is -2.15. The number of para-hydroxylation sites is 1. The molecule has 4 nitrogen and oxygen atoms in total. The molecule has 1 aliphatic carbocycles. The van der Waals surface area contributed by atoms with Crippen LogP contribution in [0.3, 0.4) is 0 Å². The molecule has 128 valence electrons. The summed E-state index contributed by atoms with van der Waals surface area (Å²) in [6.45, 7) is 4.42. The Kier molecular flexibility index (Phi) is 2.82. The van der Waals surface area contributed by atoms with E-state index in [-0.39, 0.29) is 5.41 Å². The molecule has 5 rings (SSSR count). The van der Waals surface area contributed by atoms with Crippen molar-refractivity contribution in [2.24, 2.45) is 0 Å².